The smallest absolute Gasteiger partial charge is 0.264 e. The summed E-state index contributed by atoms with van der Waals surface area (Å²) in [5.41, 5.74) is 3.52. The van der Waals surface area contributed by atoms with Gasteiger partial charge in [0, 0.05) is 12.1 Å². The summed E-state index contributed by atoms with van der Waals surface area (Å²) in [4.78, 5) is 4.81. The Hall–Kier alpha value is -2.80. The SMILES string of the molecule is COc1ccc(CCN=C2NS(=O)(=O)C(c3ccc(C(C)C)cc3)=C2C)cc1OC. The molecule has 0 radical (unpaired) electrons. The lowest BCUT2D eigenvalue weighted by Crippen LogP contribution is -2.24. The highest BCUT2D eigenvalue weighted by molar-refractivity contribution is 8.00. The van der Waals surface area contributed by atoms with Crippen molar-refractivity contribution in [3.8, 4) is 11.5 Å². The van der Waals surface area contributed by atoms with Crippen molar-refractivity contribution in [1.82, 2.24) is 4.72 Å². The zero-order valence-electron chi connectivity index (χ0n) is 18.0. The molecule has 0 aromatic heterocycles. The summed E-state index contributed by atoms with van der Waals surface area (Å²) in [5.74, 6) is 2.12. The van der Waals surface area contributed by atoms with E-state index in [-0.39, 0.29) is 0 Å². The molecule has 2 aromatic rings. The molecule has 1 aliphatic rings. The molecule has 0 saturated heterocycles. The van der Waals surface area contributed by atoms with Gasteiger partial charge in [0.25, 0.3) is 10.0 Å². The number of hydrogen-bond acceptors (Lipinski definition) is 5. The maximum Gasteiger partial charge on any atom is 0.264 e. The van der Waals surface area contributed by atoms with E-state index in [1.807, 2.05) is 42.5 Å². The number of rotatable bonds is 7. The molecule has 0 atom stereocenters. The monoisotopic (exact) mass is 428 g/mol. The summed E-state index contributed by atoms with van der Waals surface area (Å²) in [5, 5.41) is 0. The van der Waals surface area contributed by atoms with Gasteiger partial charge in [-0.3, -0.25) is 9.71 Å². The van der Waals surface area contributed by atoms with E-state index in [2.05, 4.69) is 23.6 Å². The van der Waals surface area contributed by atoms with Crippen LogP contribution in [0.5, 0.6) is 11.5 Å². The quantitative estimate of drug-likeness (QED) is 0.719. The first-order valence-corrected chi connectivity index (χ1v) is 11.3. The van der Waals surface area contributed by atoms with Crippen molar-refractivity contribution in [3.05, 3.63) is 64.7 Å². The highest BCUT2D eigenvalue weighted by Crippen LogP contribution is 2.31. The third-order valence-electron chi connectivity index (χ3n) is 5.15. The molecule has 0 spiro atoms. The normalized spacial score (nSPS) is 16.8. The van der Waals surface area contributed by atoms with Gasteiger partial charge in [-0.15, -0.1) is 0 Å². The maximum absolute atomic E-state index is 12.7. The molecule has 0 bridgehead atoms. The Balaban J connectivity index is 1.81. The Labute approximate surface area is 178 Å². The molecule has 0 unspecified atom stereocenters. The fourth-order valence-electron chi connectivity index (χ4n) is 3.44. The number of nitrogens with one attached hydrogen (secondary N) is 1. The second-order valence-corrected chi connectivity index (χ2v) is 9.13. The molecule has 0 aliphatic carbocycles. The van der Waals surface area contributed by atoms with Crippen LogP contribution >= 0.6 is 0 Å². The van der Waals surface area contributed by atoms with Crippen LogP contribution in [0.3, 0.4) is 0 Å². The molecule has 0 amide bonds. The topological polar surface area (TPSA) is 77.0 Å². The van der Waals surface area contributed by atoms with Crippen molar-refractivity contribution < 1.29 is 17.9 Å². The van der Waals surface area contributed by atoms with Gasteiger partial charge in [0.05, 0.1) is 14.2 Å². The van der Waals surface area contributed by atoms with Gasteiger partial charge in [-0.25, -0.2) is 8.42 Å². The number of methoxy groups -OCH3 is 2. The Morgan fingerprint density at radius 2 is 1.67 bits per heavy atom. The first kappa shape index (κ1) is 21.9. The Morgan fingerprint density at radius 3 is 2.27 bits per heavy atom. The highest BCUT2D eigenvalue weighted by atomic mass is 32.2. The number of sulfonamides is 1. The summed E-state index contributed by atoms with van der Waals surface area (Å²) in [6, 6.07) is 13.4. The molecule has 1 N–H and O–H groups in total. The third-order valence-corrected chi connectivity index (χ3v) is 6.69. The second kappa shape index (κ2) is 8.92. The van der Waals surface area contributed by atoms with Crippen molar-refractivity contribution in [3.63, 3.8) is 0 Å². The zero-order chi connectivity index (χ0) is 21.9. The molecule has 160 valence electrons. The predicted octanol–water partition coefficient (Wildman–Crippen LogP) is 4.13. The van der Waals surface area contributed by atoms with Gasteiger partial charge in [-0.2, -0.15) is 0 Å². The van der Waals surface area contributed by atoms with E-state index in [9.17, 15) is 8.42 Å². The molecule has 2 aromatic carbocycles. The molecule has 3 rings (SSSR count). The fourth-order valence-corrected chi connectivity index (χ4v) is 4.96. The predicted molar refractivity (Wildman–Crippen MR) is 121 cm³/mol. The van der Waals surface area contributed by atoms with Crippen LogP contribution in [0.15, 0.2) is 53.0 Å². The average molecular weight is 429 g/mol. The van der Waals surface area contributed by atoms with Gasteiger partial charge < -0.3 is 9.47 Å². The number of aliphatic imine (C=N–C) groups is 1. The van der Waals surface area contributed by atoms with E-state index in [0.29, 0.717) is 52.3 Å². The zero-order valence-corrected chi connectivity index (χ0v) is 18.8. The minimum absolute atomic E-state index is 0.294. The van der Waals surface area contributed by atoms with E-state index >= 15 is 0 Å². The van der Waals surface area contributed by atoms with Crippen molar-refractivity contribution >= 4 is 20.8 Å². The largest absolute Gasteiger partial charge is 0.493 e. The number of nitrogens with zero attached hydrogens (tertiary/aromatic N) is 1. The van der Waals surface area contributed by atoms with Crippen molar-refractivity contribution in [1.29, 1.82) is 0 Å². The lowest BCUT2D eigenvalue weighted by molar-refractivity contribution is 0.354. The molecule has 30 heavy (non-hydrogen) atoms. The lowest BCUT2D eigenvalue weighted by atomic mass is 10.0. The number of ether oxygens (including phenoxy) is 2. The summed E-state index contributed by atoms with van der Waals surface area (Å²) < 4.78 is 38.6. The van der Waals surface area contributed by atoms with Crippen molar-refractivity contribution in [2.75, 3.05) is 20.8 Å². The van der Waals surface area contributed by atoms with E-state index in [4.69, 9.17) is 9.47 Å². The number of benzene rings is 2. The molecule has 6 nitrogen and oxygen atoms in total. The minimum Gasteiger partial charge on any atom is -0.493 e. The average Bonchev–Trinajstić information content (AvgIpc) is 2.95. The third kappa shape index (κ3) is 4.51. The lowest BCUT2D eigenvalue weighted by Gasteiger charge is -2.09. The highest BCUT2D eigenvalue weighted by Gasteiger charge is 2.32. The second-order valence-electron chi connectivity index (χ2n) is 7.51. The standard InChI is InChI=1S/C23H28N2O4S/c1-15(2)18-7-9-19(10-8-18)22-16(3)23(25-30(22,26)27)24-13-12-17-6-11-20(28-4)21(14-17)29-5/h6-11,14-15H,12-13H2,1-5H3,(H,24,25). The van der Waals surface area contributed by atoms with Crippen LogP contribution in [0.25, 0.3) is 4.91 Å². The van der Waals surface area contributed by atoms with Gasteiger partial charge in [0.1, 0.15) is 10.7 Å². The molecule has 1 aliphatic heterocycles. The van der Waals surface area contributed by atoms with Gasteiger partial charge >= 0.3 is 0 Å². The van der Waals surface area contributed by atoms with Crippen LogP contribution < -0.4 is 14.2 Å². The van der Waals surface area contributed by atoms with Crippen molar-refractivity contribution in [2.45, 2.75) is 33.1 Å². The van der Waals surface area contributed by atoms with E-state index in [1.54, 1.807) is 21.1 Å². The summed E-state index contributed by atoms with van der Waals surface area (Å²) in [7, 11) is -0.432. The van der Waals surface area contributed by atoms with Crippen LogP contribution in [0.4, 0.5) is 0 Å². The summed E-state index contributed by atoms with van der Waals surface area (Å²) in [6.07, 6.45) is 0.650. The number of amidine groups is 1. The van der Waals surface area contributed by atoms with Crippen LogP contribution in [0.1, 0.15) is 43.4 Å². The Morgan fingerprint density at radius 1 is 1.00 bits per heavy atom. The van der Waals surface area contributed by atoms with Crippen molar-refractivity contribution in [2.24, 2.45) is 4.99 Å². The number of hydrogen-bond donors (Lipinski definition) is 1. The molecule has 7 heteroatoms. The summed E-state index contributed by atoms with van der Waals surface area (Å²) in [6.45, 7) is 6.45. The first-order chi connectivity index (χ1) is 14.3. The van der Waals surface area contributed by atoms with Gasteiger partial charge in [0.2, 0.25) is 0 Å². The molecule has 1 heterocycles. The summed E-state index contributed by atoms with van der Waals surface area (Å²) >= 11 is 0. The van der Waals surface area contributed by atoms with Crippen LogP contribution in [-0.4, -0.2) is 35.0 Å². The molecule has 0 fully saturated rings. The van der Waals surface area contributed by atoms with Gasteiger partial charge in [0.15, 0.2) is 11.5 Å². The van der Waals surface area contributed by atoms with Crippen LogP contribution in [0, 0.1) is 0 Å². The first-order valence-electron chi connectivity index (χ1n) is 9.86. The molecule has 0 saturated carbocycles. The molecular weight excluding hydrogens is 400 g/mol. The minimum atomic E-state index is -3.62. The van der Waals surface area contributed by atoms with Gasteiger partial charge in [-0.05, 0) is 48.1 Å². The Bertz CT molecular complexity index is 1080. The van der Waals surface area contributed by atoms with E-state index < -0.39 is 10.0 Å². The molecular formula is C23H28N2O4S. The van der Waals surface area contributed by atoms with Crippen LogP contribution in [0.2, 0.25) is 0 Å². The van der Waals surface area contributed by atoms with E-state index in [1.165, 1.54) is 5.56 Å². The van der Waals surface area contributed by atoms with Crippen LogP contribution in [-0.2, 0) is 16.4 Å². The Kier molecular flexibility index (Phi) is 6.51. The van der Waals surface area contributed by atoms with E-state index in [0.717, 1.165) is 5.56 Å². The van der Waals surface area contributed by atoms with Gasteiger partial charge in [-0.1, -0.05) is 44.2 Å². The fraction of sp³-hybridized carbons (Fsp3) is 0.348. The maximum atomic E-state index is 12.7.